The van der Waals surface area contributed by atoms with Crippen LogP contribution in [0.5, 0.6) is 0 Å². The van der Waals surface area contributed by atoms with E-state index >= 15 is 0 Å². The first-order valence-corrected chi connectivity index (χ1v) is 6.39. The maximum atomic E-state index is 10.8. The molecule has 3 rings (SSSR count). The number of benzene rings is 1. The van der Waals surface area contributed by atoms with Crippen LogP contribution in [0.4, 0.5) is 5.69 Å². The minimum Gasteiger partial charge on any atom is -0.258 e. The van der Waals surface area contributed by atoms with Gasteiger partial charge < -0.3 is 0 Å². The maximum Gasteiger partial charge on any atom is 0.270 e. The van der Waals surface area contributed by atoms with Crippen LogP contribution in [0.2, 0.25) is 0 Å². The molecule has 0 N–H and O–H groups in total. The monoisotopic (exact) mass is 247 g/mol. The average molecular weight is 247 g/mol. The number of hydrogen-bond acceptors (Lipinski definition) is 3. The van der Waals surface area contributed by atoms with Crippen LogP contribution in [0.3, 0.4) is 0 Å². The minimum atomic E-state index is -0.346. The second-order valence-corrected chi connectivity index (χ2v) is 5.02. The molecule has 1 aromatic heterocycles. The molecule has 0 radical (unpaired) electrons. The summed E-state index contributed by atoms with van der Waals surface area (Å²) in [6.07, 6.45) is 2.30. The Hall–Kier alpha value is -1.75. The van der Waals surface area contributed by atoms with E-state index in [0.29, 0.717) is 0 Å². The van der Waals surface area contributed by atoms with Gasteiger partial charge in [0.25, 0.3) is 5.69 Å². The number of nitro groups is 1. The summed E-state index contributed by atoms with van der Waals surface area (Å²) in [5.41, 5.74) is 2.19. The van der Waals surface area contributed by atoms with Gasteiger partial charge in [-0.2, -0.15) is 4.57 Å². The molecule has 0 aliphatic carbocycles. The van der Waals surface area contributed by atoms with Gasteiger partial charge in [0.2, 0.25) is 10.7 Å². The normalized spacial score (nSPS) is 13.6. The van der Waals surface area contributed by atoms with E-state index in [9.17, 15) is 10.1 Å². The quantitative estimate of drug-likeness (QED) is 0.465. The van der Waals surface area contributed by atoms with E-state index in [1.165, 1.54) is 17.5 Å². The molecule has 86 valence electrons. The highest BCUT2D eigenvalue weighted by molar-refractivity contribution is 7.09. The van der Waals surface area contributed by atoms with Crippen LogP contribution in [-0.4, -0.2) is 4.92 Å². The Kier molecular flexibility index (Phi) is 2.40. The van der Waals surface area contributed by atoms with Crippen LogP contribution in [0, 0.1) is 10.1 Å². The van der Waals surface area contributed by atoms with Gasteiger partial charge in [0.1, 0.15) is 0 Å². The van der Waals surface area contributed by atoms with Gasteiger partial charge in [-0.25, -0.2) is 0 Å². The molecule has 2 heterocycles. The number of fused-ring (bicyclic) bond motifs is 1. The predicted molar refractivity (Wildman–Crippen MR) is 64.9 cm³/mol. The molecule has 5 heteroatoms. The fraction of sp³-hybridized carbons (Fsp3) is 0.250. The molecule has 0 unspecified atom stereocenters. The van der Waals surface area contributed by atoms with Gasteiger partial charge in [-0.15, -0.1) is 0 Å². The summed E-state index contributed by atoms with van der Waals surface area (Å²) < 4.78 is 2.27. The number of nitrogens with zero attached hydrogens (tertiary/aromatic N) is 2. The minimum absolute atomic E-state index is 0.154. The topological polar surface area (TPSA) is 47.0 Å². The van der Waals surface area contributed by atoms with E-state index in [1.54, 1.807) is 23.5 Å². The zero-order chi connectivity index (χ0) is 11.8. The Bertz CT molecular complexity index is 592. The van der Waals surface area contributed by atoms with E-state index in [4.69, 9.17) is 0 Å². The summed E-state index contributed by atoms with van der Waals surface area (Å²) >= 11 is 1.74. The number of nitro benzene ring substituents is 1. The van der Waals surface area contributed by atoms with Gasteiger partial charge in [-0.3, -0.25) is 10.1 Å². The highest BCUT2D eigenvalue weighted by Crippen LogP contribution is 2.26. The standard InChI is InChI=1S/C12H11N2O2S/c15-14(16)10-4-1-3-9(7-10)11-8-17-12-5-2-6-13(11)12/h1,3-4,7-8H,2,5-6H2/q+1. The first-order chi connectivity index (χ1) is 8.25. The summed E-state index contributed by atoms with van der Waals surface area (Å²) in [5, 5.41) is 14.2. The van der Waals surface area contributed by atoms with Crippen LogP contribution < -0.4 is 4.57 Å². The van der Waals surface area contributed by atoms with Gasteiger partial charge in [-0.1, -0.05) is 17.4 Å². The Balaban J connectivity index is 2.09. The lowest BCUT2D eigenvalue weighted by molar-refractivity contribution is -0.675. The fourth-order valence-corrected chi connectivity index (χ4v) is 3.31. The molecule has 0 bridgehead atoms. The van der Waals surface area contributed by atoms with Crippen molar-refractivity contribution in [3.63, 3.8) is 0 Å². The van der Waals surface area contributed by atoms with E-state index in [0.717, 1.165) is 24.2 Å². The van der Waals surface area contributed by atoms with Crippen molar-refractivity contribution in [2.75, 3.05) is 0 Å². The largest absolute Gasteiger partial charge is 0.270 e. The van der Waals surface area contributed by atoms with Crippen LogP contribution in [-0.2, 0) is 13.0 Å². The molecule has 0 saturated heterocycles. The van der Waals surface area contributed by atoms with Gasteiger partial charge in [-0.05, 0) is 6.07 Å². The molecule has 1 aliphatic heterocycles. The Morgan fingerprint density at radius 2 is 2.29 bits per heavy atom. The molecule has 0 saturated carbocycles. The van der Waals surface area contributed by atoms with Crippen molar-refractivity contribution >= 4 is 17.0 Å². The number of aryl methyl sites for hydroxylation is 1. The van der Waals surface area contributed by atoms with Crippen LogP contribution >= 0.6 is 11.3 Å². The molecule has 0 atom stereocenters. The molecule has 17 heavy (non-hydrogen) atoms. The molecule has 0 fully saturated rings. The lowest BCUT2D eigenvalue weighted by Gasteiger charge is -1.96. The molecule has 2 aromatic rings. The maximum absolute atomic E-state index is 10.8. The highest BCUT2D eigenvalue weighted by atomic mass is 32.1. The van der Waals surface area contributed by atoms with Crippen molar-refractivity contribution in [1.29, 1.82) is 0 Å². The third-order valence-corrected chi connectivity index (χ3v) is 4.06. The van der Waals surface area contributed by atoms with Gasteiger partial charge in [0.05, 0.1) is 15.9 Å². The second kappa shape index (κ2) is 3.92. The van der Waals surface area contributed by atoms with Crippen LogP contribution in [0.25, 0.3) is 11.3 Å². The number of aromatic nitrogens is 1. The SMILES string of the molecule is O=[N+]([O-])c1cccc(-c2csc3[n+]2CCC3)c1. The average Bonchev–Trinajstić information content (AvgIpc) is 2.90. The molecular weight excluding hydrogens is 236 g/mol. The van der Waals surface area contributed by atoms with E-state index in [1.807, 2.05) is 6.07 Å². The highest BCUT2D eigenvalue weighted by Gasteiger charge is 2.27. The summed E-state index contributed by atoms with van der Waals surface area (Å²) in [5.74, 6) is 0. The Morgan fingerprint density at radius 1 is 1.41 bits per heavy atom. The van der Waals surface area contributed by atoms with Crippen molar-refractivity contribution in [2.45, 2.75) is 19.4 Å². The summed E-state index contributed by atoms with van der Waals surface area (Å²) in [6, 6.07) is 6.85. The van der Waals surface area contributed by atoms with Crippen LogP contribution in [0.1, 0.15) is 11.4 Å². The molecule has 1 aliphatic rings. The van der Waals surface area contributed by atoms with Crippen molar-refractivity contribution in [1.82, 2.24) is 0 Å². The third-order valence-electron chi connectivity index (χ3n) is 3.02. The molecule has 0 spiro atoms. The fourth-order valence-electron chi connectivity index (χ4n) is 2.22. The zero-order valence-electron chi connectivity index (χ0n) is 9.13. The first-order valence-electron chi connectivity index (χ1n) is 5.51. The smallest absolute Gasteiger partial charge is 0.258 e. The van der Waals surface area contributed by atoms with Gasteiger partial charge in [0.15, 0.2) is 6.54 Å². The first kappa shape index (κ1) is 10.4. The second-order valence-electron chi connectivity index (χ2n) is 4.08. The molecule has 0 amide bonds. The Morgan fingerprint density at radius 3 is 3.12 bits per heavy atom. The number of rotatable bonds is 2. The van der Waals surface area contributed by atoms with Gasteiger partial charge >= 0.3 is 0 Å². The lowest BCUT2D eigenvalue weighted by Crippen LogP contribution is -2.32. The van der Waals surface area contributed by atoms with E-state index in [-0.39, 0.29) is 10.6 Å². The number of thiazole rings is 1. The number of hydrogen-bond donors (Lipinski definition) is 0. The predicted octanol–water partition coefficient (Wildman–Crippen LogP) is 2.56. The lowest BCUT2D eigenvalue weighted by atomic mass is 10.1. The molecule has 1 aromatic carbocycles. The third kappa shape index (κ3) is 1.72. The number of non-ortho nitro benzene ring substituents is 1. The molecule has 4 nitrogen and oxygen atoms in total. The van der Waals surface area contributed by atoms with Crippen LogP contribution in [0.15, 0.2) is 29.6 Å². The zero-order valence-corrected chi connectivity index (χ0v) is 9.94. The van der Waals surface area contributed by atoms with Crippen molar-refractivity contribution < 1.29 is 9.49 Å². The summed E-state index contributed by atoms with van der Waals surface area (Å²) in [7, 11) is 0. The molecular formula is C12H11N2O2S+. The van der Waals surface area contributed by atoms with Gasteiger partial charge in [0, 0.05) is 25.0 Å². The van der Waals surface area contributed by atoms with E-state index in [2.05, 4.69) is 9.95 Å². The van der Waals surface area contributed by atoms with Crippen molar-refractivity contribution in [2.24, 2.45) is 0 Å². The van der Waals surface area contributed by atoms with Crippen molar-refractivity contribution in [3.05, 3.63) is 44.8 Å². The Labute approximate surface area is 102 Å². The van der Waals surface area contributed by atoms with Crippen molar-refractivity contribution in [3.8, 4) is 11.3 Å². The summed E-state index contributed by atoms with van der Waals surface area (Å²) in [4.78, 5) is 10.4. The van der Waals surface area contributed by atoms with E-state index < -0.39 is 0 Å². The summed E-state index contributed by atoms with van der Waals surface area (Å²) in [6.45, 7) is 1.02.